The number of aliphatic hydroxyl groups is 1. The molecule has 11 heavy (non-hydrogen) atoms. The Morgan fingerprint density at radius 1 is 1.55 bits per heavy atom. The van der Waals surface area contributed by atoms with Crippen LogP contribution in [0.2, 0.25) is 0 Å². The van der Waals surface area contributed by atoms with Crippen molar-refractivity contribution in [2.75, 3.05) is 18.1 Å². The lowest BCUT2D eigenvalue weighted by Gasteiger charge is -2.08. The Kier molecular flexibility index (Phi) is 2.51. The molecule has 0 amide bonds. The average Bonchev–Trinajstić information content (AvgIpc) is 2.07. The van der Waals surface area contributed by atoms with Crippen molar-refractivity contribution in [2.45, 2.75) is 19.1 Å². The summed E-state index contributed by atoms with van der Waals surface area (Å²) in [7, 11) is -2.95. The molecule has 4 nitrogen and oxygen atoms in total. The van der Waals surface area contributed by atoms with Crippen LogP contribution in [0.15, 0.2) is 0 Å². The highest BCUT2D eigenvalue weighted by Crippen LogP contribution is 2.08. The molecule has 5 heteroatoms. The van der Waals surface area contributed by atoms with Crippen LogP contribution in [0.1, 0.15) is 6.92 Å². The molecule has 1 rings (SSSR count). The first-order valence-electron chi connectivity index (χ1n) is 3.77. The fourth-order valence-corrected chi connectivity index (χ4v) is 3.23. The van der Waals surface area contributed by atoms with Crippen molar-refractivity contribution in [2.24, 2.45) is 0 Å². The third-order valence-corrected chi connectivity index (χ3v) is 3.65. The summed E-state index contributed by atoms with van der Waals surface area (Å²) < 4.78 is 21.9. The third-order valence-electron chi connectivity index (χ3n) is 1.90. The molecule has 1 aliphatic rings. The van der Waals surface area contributed by atoms with Gasteiger partial charge in [-0.05, 0) is 6.92 Å². The molecule has 1 fully saturated rings. The molecule has 3 N–H and O–H groups in total. The Morgan fingerprint density at radius 2 is 2.18 bits per heavy atom. The normalized spacial score (nSPS) is 35.8. The molecule has 1 aliphatic heterocycles. The van der Waals surface area contributed by atoms with Gasteiger partial charge in [0.15, 0.2) is 9.84 Å². The van der Waals surface area contributed by atoms with E-state index < -0.39 is 15.9 Å². The summed E-state index contributed by atoms with van der Waals surface area (Å²) in [5.74, 6) is 0.0656. The molecule has 0 bridgehead atoms. The zero-order valence-corrected chi connectivity index (χ0v) is 7.34. The van der Waals surface area contributed by atoms with Gasteiger partial charge in [0.2, 0.25) is 0 Å². The molecule has 1 saturated heterocycles. The van der Waals surface area contributed by atoms with E-state index in [1.54, 1.807) is 0 Å². The van der Waals surface area contributed by atoms with Crippen molar-refractivity contribution in [1.29, 1.82) is 0 Å². The smallest absolute Gasteiger partial charge is 0.159 e. The number of aliphatic hydroxyl groups excluding tert-OH is 1. The number of likely N-dealkylation sites (N-methyl/N-ethyl adjacent to an activating group) is 1. The molecule has 0 unspecified atom stereocenters. The van der Waals surface area contributed by atoms with Gasteiger partial charge < -0.3 is 10.4 Å². The predicted molar refractivity (Wildman–Crippen MR) is 40.9 cm³/mol. The van der Waals surface area contributed by atoms with Crippen molar-refractivity contribution in [3.05, 3.63) is 0 Å². The summed E-state index contributed by atoms with van der Waals surface area (Å²) in [4.78, 5) is 0. The highest BCUT2D eigenvalue weighted by atomic mass is 32.2. The minimum Gasteiger partial charge on any atom is -0.386 e. The second-order valence-electron chi connectivity index (χ2n) is 2.95. The van der Waals surface area contributed by atoms with Crippen molar-refractivity contribution in [3.8, 4) is 0 Å². The average molecular weight is 180 g/mol. The van der Waals surface area contributed by atoms with Gasteiger partial charge in [-0.25, -0.2) is 8.42 Å². The fourth-order valence-electron chi connectivity index (χ4n) is 1.38. The minimum absolute atomic E-state index is 0.0613. The van der Waals surface area contributed by atoms with Crippen LogP contribution in [-0.4, -0.2) is 43.7 Å². The molecule has 1 heterocycles. The summed E-state index contributed by atoms with van der Waals surface area (Å²) in [6.45, 7) is 2.76. The van der Waals surface area contributed by atoms with Gasteiger partial charge in [-0.1, -0.05) is 0 Å². The van der Waals surface area contributed by atoms with E-state index in [1.165, 1.54) is 0 Å². The summed E-state index contributed by atoms with van der Waals surface area (Å²) >= 11 is 0. The molecule has 66 valence electrons. The molecule has 0 saturated carbocycles. The van der Waals surface area contributed by atoms with Gasteiger partial charge in [0.1, 0.15) is 17.9 Å². The van der Waals surface area contributed by atoms with E-state index in [-0.39, 0.29) is 17.5 Å². The standard InChI is InChI=1S/C6H13NO3S/c1-2-7-5-3-11(9,10)4-6(5)8/h5-8H,2-4H2,1H3/p+1/t5-,6+/m1/s1. The molecule has 0 radical (unpaired) electrons. The Hall–Kier alpha value is -0.130. The van der Waals surface area contributed by atoms with Crippen LogP contribution in [0.3, 0.4) is 0 Å². The highest BCUT2D eigenvalue weighted by Gasteiger charge is 2.38. The number of nitrogens with two attached hydrogens (primary N) is 1. The molecule has 0 aromatic heterocycles. The SMILES string of the molecule is CC[NH2+][C@@H]1CS(=O)(=O)C[C@@H]1O. The van der Waals surface area contributed by atoms with Crippen LogP contribution < -0.4 is 5.32 Å². The first-order valence-corrected chi connectivity index (χ1v) is 5.59. The number of rotatable bonds is 2. The van der Waals surface area contributed by atoms with E-state index in [0.29, 0.717) is 0 Å². The maximum atomic E-state index is 10.9. The first-order chi connectivity index (χ1) is 5.05. The molecular formula is C6H14NO3S+. The van der Waals surface area contributed by atoms with Gasteiger partial charge in [0.25, 0.3) is 0 Å². The number of sulfone groups is 1. The molecule has 0 aromatic carbocycles. The van der Waals surface area contributed by atoms with Gasteiger partial charge in [0, 0.05) is 0 Å². The highest BCUT2D eigenvalue weighted by molar-refractivity contribution is 7.91. The van der Waals surface area contributed by atoms with Gasteiger partial charge >= 0.3 is 0 Å². The van der Waals surface area contributed by atoms with Crippen molar-refractivity contribution < 1.29 is 18.8 Å². The summed E-state index contributed by atoms with van der Waals surface area (Å²) in [6.07, 6.45) is -0.667. The number of hydrogen-bond donors (Lipinski definition) is 2. The Labute approximate surface area is 66.5 Å². The molecule has 0 aromatic rings. The van der Waals surface area contributed by atoms with Crippen LogP contribution in [0, 0.1) is 0 Å². The second-order valence-corrected chi connectivity index (χ2v) is 5.11. The lowest BCUT2D eigenvalue weighted by atomic mass is 10.2. The largest absolute Gasteiger partial charge is 0.386 e. The zero-order valence-electron chi connectivity index (χ0n) is 6.53. The maximum Gasteiger partial charge on any atom is 0.159 e. The van der Waals surface area contributed by atoms with E-state index >= 15 is 0 Å². The van der Waals surface area contributed by atoms with Crippen molar-refractivity contribution >= 4 is 9.84 Å². The van der Waals surface area contributed by atoms with Crippen molar-refractivity contribution in [1.82, 2.24) is 0 Å². The van der Waals surface area contributed by atoms with Gasteiger partial charge in [-0.3, -0.25) is 0 Å². The third kappa shape index (κ3) is 2.15. The first kappa shape index (κ1) is 8.96. The Balaban J connectivity index is 2.59. The van der Waals surface area contributed by atoms with Gasteiger partial charge in [0.05, 0.1) is 12.3 Å². The lowest BCUT2D eigenvalue weighted by molar-refractivity contribution is -0.687. The van der Waals surface area contributed by atoms with Crippen molar-refractivity contribution in [3.63, 3.8) is 0 Å². The molecule has 2 atom stereocenters. The Bertz CT molecular complexity index is 224. The van der Waals surface area contributed by atoms with E-state index in [4.69, 9.17) is 0 Å². The van der Waals surface area contributed by atoms with Crippen LogP contribution >= 0.6 is 0 Å². The monoisotopic (exact) mass is 180 g/mol. The van der Waals surface area contributed by atoms with Gasteiger partial charge in [-0.2, -0.15) is 0 Å². The van der Waals surface area contributed by atoms with Crippen LogP contribution in [0.5, 0.6) is 0 Å². The lowest BCUT2D eigenvalue weighted by Crippen LogP contribution is -2.92. The van der Waals surface area contributed by atoms with Gasteiger partial charge in [-0.15, -0.1) is 0 Å². The Morgan fingerprint density at radius 3 is 2.55 bits per heavy atom. The number of hydrogen-bond acceptors (Lipinski definition) is 3. The molecule has 0 spiro atoms. The predicted octanol–water partition coefficient (Wildman–Crippen LogP) is -2.27. The minimum atomic E-state index is -2.95. The van der Waals surface area contributed by atoms with E-state index in [0.717, 1.165) is 6.54 Å². The fraction of sp³-hybridized carbons (Fsp3) is 1.00. The van der Waals surface area contributed by atoms with Crippen LogP contribution in [0.25, 0.3) is 0 Å². The second kappa shape index (κ2) is 3.08. The summed E-state index contributed by atoms with van der Waals surface area (Å²) in [5.41, 5.74) is 0. The number of quaternary nitrogens is 1. The summed E-state index contributed by atoms with van der Waals surface area (Å²) in [6, 6.07) is -0.134. The molecular weight excluding hydrogens is 166 g/mol. The summed E-state index contributed by atoms with van der Waals surface area (Å²) in [5, 5.41) is 11.1. The quantitative estimate of drug-likeness (QED) is 0.503. The van der Waals surface area contributed by atoms with Crippen LogP contribution in [-0.2, 0) is 9.84 Å². The zero-order chi connectivity index (χ0) is 8.48. The van der Waals surface area contributed by atoms with E-state index in [9.17, 15) is 13.5 Å². The molecule has 0 aliphatic carbocycles. The topological polar surface area (TPSA) is 71.0 Å². The van der Waals surface area contributed by atoms with Crippen LogP contribution in [0.4, 0.5) is 0 Å². The van der Waals surface area contributed by atoms with E-state index in [1.807, 2.05) is 12.2 Å². The van der Waals surface area contributed by atoms with E-state index in [2.05, 4.69) is 0 Å². The maximum absolute atomic E-state index is 10.9.